The smallest absolute Gasteiger partial charge is 0.200 e. The lowest BCUT2D eigenvalue weighted by atomic mass is 9.80. The molecule has 0 saturated heterocycles. The highest BCUT2D eigenvalue weighted by Crippen LogP contribution is 2.58. The fourth-order valence-electron chi connectivity index (χ4n) is 6.26. The summed E-state index contributed by atoms with van der Waals surface area (Å²) in [7, 11) is 0. The molecular weight excluding hydrogens is 576 g/mol. The highest BCUT2D eigenvalue weighted by atomic mass is 16.5. The molecule has 0 amide bonds. The molecule has 2 aliphatic rings. The van der Waals surface area contributed by atoms with Crippen LogP contribution in [0, 0.1) is 11.8 Å². The van der Waals surface area contributed by atoms with Gasteiger partial charge in [-0.05, 0) is 25.0 Å². The standard InChI is InChI=1S/C32H30O12/c1-11-3-15-19(35)5-13(33)7-23(15)43-31(11)17-9-21(37)27(39)29(41)25(17)26-18(10-22(38)28(40)30(26)42)32-12(2)4-16-20(36)6-14(34)8-24(16)44-32/h5-12,31-42H,3-4H2,1-2H3/t11-,12-,31+,32+/m1/s1. The lowest BCUT2D eigenvalue weighted by Crippen LogP contribution is -2.26. The van der Waals surface area contributed by atoms with Crippen molar-refractivity contribution in [1.82, 2.24) is 0 Å². The van der Waals surface area contributed by atoms with Crippen molar-refractivity contribution in [2.45, 2.75) is 38.9 Å². The number of ether oxygens (including phenoxy) is 2. The molecule has 0 aliphatic carbocycles. The van der Waals surface area contributed by atoms with Gasteiger partial charge in [-0.3, -0.25) is 0 Å². The van der Waals surface area contributed by atoms with E-state index < -0.39 is 58.5 Å². The van der Waals surface area contributed by atoms with Crippen molar-refractivity contribution in [3.8, 4) is 80.1 Å². The Bertz CT molecular complexity index is 1700. The van der Waals surface area contributed by atoms with E-state index in [1.807, 2.05) is 0 Å². The van der Waals surface area contributed by atoms with E-state index in [2.05, 4.69) is 0 Å². The number of benzene rings is 4. The Labute approximate surface area is 250 Å². The predicted molar refractivity (Wildman–Crippen MR) is 154 cm³/mol. The number of fused-ring (bicyclic) bond motifs is 2. The first-order valence-corrected chi connectivity index (χ1v) is 13.8. The third-order valence-electron chi connectivity index (χ3n) is 8.37. The van der Waals surface area contributed by atoms with Crippen LogP contribution in [0.5, 0.6) is 69.0 Å². The van der Waals surface area contributed by atoms with Gasteiger partial charge in [-0.1, -0.05) is 13.8 Å². The van der Waals surface area contributed by atoms with Crippen LogP contribution >= 0.6 is 0 Å². The molecular formula is C32H30O12. The number of hydrogen-bond acceptors (Lipinski definition) is 12. The summed E-state index contributed by atoms with van der Waals surface area (Å²) in [4.78, 5) is 0. The monoisotopic (exact) mass is 606 g/mol. The summed E-state index contributed by atoms with van der Waals surface area (Å²) in [5, 5.41) is 106. The number of rotatable bonds is 3. The van der Waals surface area contributed by atoms with Crippen LogP contribution in [0.1, 0.15) is 48.3 Å². The first-order valence-electron chi connectivity index (χ1n) is 13.8. The minimum atomic E-state index is -1.00. The molecule has 0 unspecified atom stereocenters. The van der Waals surface area contributed by atoms with Crippen LogP contribution in [0.25, 0.3) is 11.1 Å². The van der Waals surface area contributed by atoms with Gasteiger partial charge in [-0.15, -0.1) is 0 Å². The molecule has 4 aromatic carbocycles. The van der Waals surface area contributed by atoms with Crippen LogP contribution in [0.3, 0.4) is 0 Å². The van der Waals surface area contributed by atoms with Crippen molar-refractivity contribution < 1.29 is 60.5 Å². The number of aromatic hydroxyl groups is 10. The molecule has 0 radical (unpaired) electrons. The van der Waals surface area contributed by atoms with E-state index in [-0.39, 0.29) is 69.6 Å². The Morgan fingerprint density at radius 1 is 0.477 bits per heavy atom. The van der Waals surface area contributed by atoms with Crippen molar-refractivity contribution in [3.05, 3.63) is 58.7 Å². The molecule has 0 spiro atoms. The van der Waals surface area contributed by atoms with Gasteiger partial charge in [-0.25, -0.2) is 0 Å². The van der Waals surface area contributed by atoms with E-state index in [9.17, 15) is 51.1 Å². The Hall–Kier alpha value is -5.52. The molecule has 4 atom stereocenters. The maximum Gasteiger partial charge on any atom is 0.200 e. The van der Waals surface area contributed by atoms with E-state index >= 15 is 0 Å². The van der Waals surface area contributed by atoms with Gasteiger partial charge in [-0.2, -0.15) is 0 Å². The lowest BCUT2D eigenvalue weighted by Gasteiger charge is -2.36. The van der Waals surface area contributed by atoms with Gasteiger partial charge < -0.3 is 60.5 Å². The molecule has 12 nitrogen and oxygen atoms in total. The van der Waals surface area contributed by atoms with Gasteiger partial charge in [0.25, 0.3) is 0 Å². The molecule has 10 N–H and O–H groups in total. The van der Waals surface area contributed by atoms with E-state index in [4.69, 9.17) is 9.47 Å². The van der Waals surface area contributed by atoms with Gasteiger partial charge in [0.2, 0.25) is 11.5 Å². The van der Waals surface area contributed by atoms with Crippen LogP contribution in [0.15, 0.2) is 36.4 Å². The highest BCUT2D eigenvalue weighted by Gasteiger charge is 2.39. The third-order valence-corrected chi connectivity index (χ3v) is 8.37. The van der Waals surface area contributed by atoms with E-state index in [0.717, 1.165) is 12.1 Å². The Kier molecular flexibility index (Phi) is 6.52. The fourth-order valence-corrected chi connectivity index (χ4v) is 6.26. The zero-order valence-electron chi connectivity index (χ0n) is 23.5. The van der Waals surface area contributed by atoms with Gasteiger partial charge in [0, 0.05) is 69.5 Å². The second-order valence-electron chi connectivity index (χ2n) is 11.4. The molecule has 0 aromatic heterocycles. The maximum atomic E-state index is 11.3. The molecule has 6 rings (SSSR count). The SMILES string of the molecule is C[C@@H]1Cc2c(O)cc(O)cc2O[C@@H]1c1cc(O)c(O)c(O)c1-c1c([C@H]2Oc3cc(O)cc(O)c3C[C@H]2C)cc(O)c(O)c1O. The molecule has 2 aliphatic heterocycles. The number of phenolic OH excluding ortho intramolecular Hbond substituents is 10. The summed E-state index contributed by atoms with van der Waals surface area (Å²) in [5.41, 5.74) is 0.432. The van der Waals surface area contributed by atoms with Gasteiger partial charge in [0.15, 0.2) is 23.0 Å². The average molecular weight is 607 g/mol. The fraction of sp³-hybridized carbons (Fsp3) is 0.250. The van der Waals surface area contributed by atoms with Crippen molar-refractivity contribution in [2.75, 3.05) is 0 Å². The second kappa shape index (κ2) is 10.0. The summed E-state index contributed by atoms with van der Waals surface area (Å²) in [5.74, 6) is -6.59. The number of phenols is 10. The predicted octanol–water partition coefficient (Wildman–Crippen LogP) is 5.03. The van der Waals surface area contributed by atoms with Crippen LogP contribution in [0.2, 0.25) is 0 Å². The summed E-state index contributed by atoms with van der Waals surface area (Å²) in [6.07, 6.45) is -1.53. The Morgan fingerprint density at radius 2 is 0.841 bits per heavy atom. The minimum Gasteiger partial charge on any atom is -0.508 e. The van der Waals surface area contributed by atoms with Crippen molar-refractivity contribution in [3.63, 3.8) is 0 Å². The summed E-state index contributed by atoms with van der Waals surface area (Å²) < 4.78 is 12.3. The largest absolute Gasteiger partial charge is 0.508 e. The van der Waals surface area contributed by atoms with Gasteiger partial charge in [0.05, 0.1) is 0 Å². The molecule has 12 heteroatoms. The average Bonchev–Trinajstić information content (AvgIpc) is 2.95. The number of hydrogen-bond donors (Lipinski definition) is 10. The van der Waals surface area contributed by atoms with Crippen molar-refractivity contribution >= 4 is 0 Å². The highest BCUT2D eigenvalue weighted by molar-refractivity contribution is 5.88. The topological polar surface area (TPSA) is 221 Å². The van der Waals surface area contributed by atoms with Gasteiger partial charge >= 0.3 is 0 Å². The van der Waals surface area contributed by atoms with Crippen molar-refractivity contribution in [1.29, 1.82) is 0 Å². The summed E-state index contributed by atoms with van der Waals surface area (Å²) >= 11 is 0. The van der Waals surface area contributed by atoms with Crippen molar-refractivity contribution in [2.24, 2.45) is 11.8 Å². The zero-order chi connectivity index (χ0) is 31.8. The molecule has 0 saturated carbocycles. The Balaban J connectivity index is 1.59. The third kappa shape index (κ3) is 4.37. The maximum absolute atomic E-state index is 11.3. The summed E-state index contributed by atoms with van der Waals surface area (Å²) in [6, 6.07) is 7.19. The molecule has 230 valence electrons. The van der Waals surface area contributed by atoms with Crippen LogP contribution in [-0.4, -0.2) is 51.1 Å². The Morgan fingerprint density at radius 3 is 1.20 bits per heavy atom. The second-order valence-corrected chi connectivity index (χ2v) is 11.4. The van der Waals surface area contributed by atoms with Gasteiger partial charge in [0.1, 0.15) is 46.7 Å². The summed E-state index contributed by atoms with van der Waals surface area (Å²) in [6.45, 7) is 3.53. The normalized spacial score (nSPS) is 20.7. The first-order chi connectivity index (χ1) is 20.8. The van der Waals surface area contributed by atoms with E-state index in [1.165, 1.54) is 24.3 Å². The first kappa shape index (κ1) is 28.6. The van der Waals surface area contributed by atoms with Crippen LogP contribution in [-0.2, 0) is 12.8 Å². The van der Waals surface area contributed by atoms with E-state index in [0.29, 0.717) is 11.1 Å². The molecule has 44 heavy (non-hydrogen) atoms. The molecule has 2 heterocycles. The zero-order valence-corrected chi connectivity index (χ0v) is 23.5. The van der Waals surface area contributed by atoms with Crippen LogP contribution in [0.4, 0.5) is 0 Å². The van der Waals surface area contributed by atoms with Crippen LogP contribution < -0.4 is 9.47 Å². The molecule has 4 aromatic rings. The quantitative estimate of drug-likeness (QED) is 0.139. The molecule has 0 fully saturated rings. The minimum absolute atomic E-state index is 0.0552. The lowest BCUT2D eigenvalue weighted by molar-refractivity contribution is 0.119. The van der Waals surface area contributed by atoms with E-state index in [1.54, 1.807) is 13.8 Å². The molecule has 0 bridgehead atoms.